The van der Waals surface area contributed by atoms with Gasteiger partial charge in [0.05, 0.1) is 40.6 Å². The van der Waals surface area contributed by atoms with Gasteiger partial charge in [-0.25, -0.2) is 13.8 Å². The summed E-state index contributed by atoms with van der Waals surface area (Å²) in [5, 5.41) is 18.8. The largest absolute Gasteiger partial charge is 0.432 e. The van der Waals surface area contributed by atoms with E-state index in [1.54, 1.807) is 5.32 Å². The second-order valence-electron chi connectivity index (χ2n) is 5.98. The SMILES string of the molecule is N=C/C(C(=O)Nc1cnc(-n2nccn2)c(Cl)c1)=C(\Nc1ccc(F)cc1F)C(F)(F)F. The molecule has 14 heteroatoms. The molecule has 0 aliphatic rings. The number of hydrogen-bond acceptors (Lipinski definition) is 6. The third kappa shape index (κ3) is 5.06. The van der Waals surface area contributed by atoms with Gasteiger partial charge in [-0.05, 0) is 18.2 Å². The van der Waals surface area contributed by atoms with Crippen molar-refractivity contribution in [3.63, 3.8) is 0 Å². The highest BCUT2D eigenvalue weighted by Crippen LogP contribution is 2.31. The van der Waals surface area contributed by atoms with E-state index in [0.717, 1.165) is 23.1 Å². The molecule has 0 saturated carbocycles. The number of pyridine rings is 1. The molecule has 0 aliphatic carbocycles. The van der Waals surface area contributed by atoms with E-state index < -0.39 is 40.7 Å². The number of aromatic nitrogens is 4. The minimum absolute atomic E-state index is 0.0260. The van der Waals surface area contributed by atoms with Crippen molar-refractivity contribution in [3.05, 3.63) is 70.8 Å². The van der Waals surface area contributed by atoms with E-state index in [1.165, 1.54) is 18.5 Å². The fourth-order valence-electron chi connectivity index (χ4n) is 2.44. The van der Waals surface area contributed by atoms with Crippen LogP contribution in [-0.2, 0) is 4.79 Å². The summed E-state index contributed by atoms with van der Waals surface area (Å²) >= 11 is 6.05. The second-order valence-corrected chi connectivity index (χ2v) is 6.39. The molecule has 0 saturated heterocycles. The van der Waals surface area contributed by atoms with Gasteiger partial charge < -0.3 is 16.0 Å². The van der Waals surface area contributed by atoms with E-state index in [0.29, 0.717) is 6.07 Å². The molecule has 8 nitrogen and oxygen atoms in total. The Morgan fingerprint density at radius 3 is 2.38 bits per heavy atom. The highest BCUT2D eigenvalue weighted by atomic mass is 35.5. The van der Waals surface area contributed by atoms with Crippen LogP contribution in [-0.4, -0.2) is 38.3 Å². The third-order valence-electron chi connectivity index (χ3n) is 3.82. The molecule has 0 radical (unpaired) electrons. The van der Waals surface area contributed by atoms with Crippen LogP contribution in [0.2, 0.25) is 5.02 Å². The Kier molecular flexibility index (Phi) is 6.48. The summed E-state index contributed by atoms with van der Waals surface area (Å²) in [6.45, 7) is 0. The number of benzene rings is 1. The number of carbonyl (C=O) groups is 1. The minimum atomic E-state index is -5.18. The van der Waals surface area contributed by atoms with Crippen LogP contribution >= 0.6 is 11.6 Å². The van der Waals surface area contributed by atoms with E-state index in [9.17, 15) is 26.7 Å². The fourth-order valence-corrected chi connectivity index (χ4v) is 2.68. The first-order chi connectivity index (χ1) is 15.1. The van der Waals surface area contributed by atoms with Crippen molar-refractivity contribution in [2.24, 2.45) is 0 Å². The molecular weight excluding hydrogens is 461 g/mol. The summed E-state index contributed by atoms with van der Waals surface area (Å²) in [6, 6.07) is 3.01. The lowest BCUT2D eigenvalue weighted by atomic mass is 10.1. The van der Waals surface area contributed by atoms with E-state index in [2.05, 4.69) is 20.5 Å². The van der Waals surface area contributed by atoms with Crippen LogP contribution in [0.25, 0.3) is 5.82 Å². The summed E-state index contributed by atoms with van der Waals surface area (Å²) in [4.78, 5) is 17.5. The van der Waals surface area contributed by atoms with Crippen LogP contribution in [0.4, 0.5) is 33.3 Å². The number of rotatable bonds is 6. The molecule has 3 N–H and O–H groups in total. The number of nitrogens with zero attached hydrogens (tertiary/aromatic N) is 4. The number of hydrogen-bond donors (Lipinski definition) is 3. The normalized spacial score (nSPS) is 12.2. The molecule has 3 aromatic rings. The summed E-state index contributed by atoms with van der Waals surface area (Å²) < 4.78 is 67.6. The van der Waals surface area contributed by atoms with Crippen molar-refractivity contribution in [3.8, 4) is 5.82 Å². The lowest BCUT2D eigenvalue weighted by molar-refractivity contribution is -0.114. The molecule has 1 amide bonds. The van der Waals surface area contributed by atoms with Gasteiger partial charge in [0.15, 0.2) is 5.82 Å². The Bertz CT molecular complexity index is 1190. The Hall–Kier alpha value is -3.87. The number of halogens is 6. The zero-order valence-electron chi connectivity index (χ0n) is 15.6. The van der Waals surface area contributed by atoms with Crippen molar-refractivity contribution >= 4 is 35.1 Å². The van der Waals surface area contributed by atoms with Gasteiger partial charge in [0.2, 0.25) is 0 Å². The summed E-state index contributed by atoms with van der Waals surface area (Å²) in [7, 11) is 0. The maximum absolute atomic E-state index is 13.8. The predicted molar refractivity (Wildman–Crippen MR) is 105 cm³/mol. The zero-order valence-corrected chi connectivity index (χ0v) is 16.3. The van der Waals surface area contributed by atoms with Crippen molar-refractivity contribution < 1.29 is 26.7 Å². The number of amides is 1. The second kappa shape index (κ2) is 9.09. The Labute approximate surface area is 181 Å². The van der Waals surface area contributed by atoms with Gasteiger partial charge in [-0.1, -0.05) is 11.6 Å². The average molecular weight is 472 g/mol. The monoisotopic (exact) mass is 471 g/mol. The Morgan fingerprint density at radius 2 is 1.81 bits per heavy atom. The van der Waals surface area contributed by atoms with E-state index in [1.807, 2.05) is 0 Å². The van der Waals surface area contributed by atoms with Gasteiger partial charge in [-0.3, -0.25) is 4.79 Å². The van der Waals surface area contributed by atoms with Crippen LogP contribution in [0.15, 0.2) is 54.1 Å². The molecule has 32 heavy (non-hydrogen) atoms. The van der Waals surface area contributed by atoms with Crippen molar-refractivity contribution in [1.29, 1.82) is 5.41 Å². The first kappa shape index (κ1) is 22.8. The van der Waals surface area contributed by atoms with Crippen LogP contribution < -0.4 is 10.6 Å². The molecular formula is C18H11ClF5N7O. The predicted octanol–water partition coefficient (Wildman–Crippen LogP) is 4.11. The molecule has 0 atom stereocenters. The molecule has 3 rings (SSSR count). The number of alkyl halides is 3. The van der Waals surface area contributed by atoms with Crippen LogP contribution in [0.1, 0.15) is 0 Å². The number of carbonyl (C=O) groups excluding carboxylic acids is 1. The molecule has 2 aromatic heterocycles. The lowest BCUT2D eigenvalue weighted by Crippen LogP contribution is -2.28. The van der Waals surface area contributed by atoms with Crippen molar-refractivity contribution in [2.45, 2.75) is 6.18 Å². The van der Waals surface area contributed by atoms with Crippen molar-refractivity contribution in [1.82, 2.24) is 20.0 Å². The Morgan fingerprint density at radius 1 is 1.12 bits per heavy atom. The lowest BCUT2D eigenvalue weighted by Gasteiger charge is -2.18. The fraction of sp³-hybridized carbons (Fsp3) is 0.0556. The quantitative estimate of drug-likeness (QED) is 0.285. The van der Waals surface area contributed by atoms with Gasteiger partial charge in [-0.15, -0.1) is 4.80 Å². The number of allylic oxidation sites excluding steroid dienone is 1. The molecule has 0 bridgehead atoms. The van der Waals surface area contributed by atoms with E-state index in [-0.39, 0.29) is 22.7 Å². The topological polar surface area (TPSA) is 109 Å². The zero-order chi connectivity index (χ0) is 23.5. The van der Waals surface area contributed by atoms with E-state index in [4.69, 9.17) is 17.0 Å². The molecule has 0 fully saturated rings. The summed E-state index contributed by atoms with van der Waals surface area (Å²) in [6.07, 6.45) is -1.22. The molecule has 2 heterocycles. The van der Waals surface area contributed by atoms with Gasteiger partial charge in [0.1, 0.15) is 17.3 Å². The standard InChI is InChI=1S/C18H11ClF5N7O/c19-12-6-10(8-26-16(12)31-27-3-4-28-31)29-17(32)11(7-25)15(18(22,23)24)30-14-2-1-9(20)5-13(14)21/h1-8,25,30H,(H,29,32)/b15-11+,25-7?. The van der Waals surface area contributed by atoms with Crippen LogP contribution in [0.5, 0.6) is 0 Å². The van der Waals surface area contributed by atoms with Crippen LogP contribution in [0, 0.1) is 17.0 Å². The maximum atomic E-state index is 13.8. The molecule has 0 spiro atoms. The number of nitrogens with one attached hydrogen (secondary N) is 3. The molecule has 0 unspecified atom stereocenters. The summed E-state index contributed by atoms with van der Waals surface area (Å²) in [5.74, 6) is -3.59. The average Bonchev–Trinajstić information content (AvgIpc) is 3.23. The summed E-state index contributed by atoms with van der Waals surface area (Å²) in [5.41, 5.74) is -3.74. The molecule has 0 aliphatic heterocycles. The van der Waals surface area contributed by atoms with Gasteiger partial charge >= 0.3 is 6.18 Å². The number of anilines is 2. The maximum Gasteiger partial charge on any atom is 0.432 e. The van der Waals surface area contributed by atoms with Crippen molar-refractivity contribution in [2.75, 3.05) is 10.6 Å². The van der Waals surface area contributed by atoms with Gasteiger partial charge in [-0.2, -0.15) is 23.4 Å². The van der Waals surface area contributed by atoms with E-state index >= 15 is 0 Å². The minimum Gasteiger partial charge on any atom is -0.348 e. The highest BCUT2D eigenvalue weighted by molar-refractivity contribution is 6.32. The molecule has 1 aromatic carbocycles. The Balaban J connectivity index is 1.93. The molecule has 166 valence electrons. The first-order valence-electron chi connectivity index (χ1n) is 8.47. The van der Waals surface area contributed by atoms with Crippen LogP contribution in [0.3, 0.4) is 0 Å². The van der Waals surface area contributed by atoms with Gasteiger partial charge in [0, 0.05) is 12.3 Å². The smallest absolute Gasteiger partial charge is 0.348 e. The first-order valence-corrected chi connectivity index (χ1v) is 8.85. The highest BCUT2D eigenvalue weighted by Gasteiger charge is 2.38. The third-order valence-corrected chi connectivity index (χ3v) is 4.10. The van der Waals surface area contributed by atoms with Gasteiger partial charge in [0.25, 0.3) is 5.91 Å².